The fraction of sp³-hybridized carbons (Fsp3) is 0.812. The van der Waals surface area contributed by atoms with Crippen molar-refractivity contribution < 1.29 is 4.79 Å². The van der Waals surface area contributed by atoms with Crippen LogP contribution >= 0.6 is 0 Å². The minimum atomic E-state index is -0.0992. The van der Waals surface area contributed by atoms with Gasteiger partial charge in [-0.2, -0.15) is 0 Å². The molecule has 1 aliphatic carbocycles. The van der Waals surface area contributed by atoms with Crippen LogP contribution in [0.25, 0.3) is 0 Å². The molecule has 1 N–H and O–H groups in total. The Balaban J connectivity index is 2.44. The molecule has 0 heterocycles. The zero-order chi connectivity index (χ0) is 13.8. The fourth-order valence-electron chi connectivity index (χ4n) is 2.77. The van der Waals surface area contributed by atoms with Crippen molar-refractivity contribution in [2.24, 2.45) is 17.3 Å². The van der Waals surface area contributed by atoms with E-state index in [1.54, 1.807) is 0 Å². The van der Waals surface area contributed by atoms with Crippen molar-refractivity contribution in [2.75, 3.05) is 0 Å². The molecule has 0 aliphatic heterocycles. The molecular weight excluding hydrogens is 222 g/mol. The highest BCUT2D eigenvalue weighted by molar-refractivity contribution is 5.79. The molecule has 1 atom stereocenters. The predicted octanol–water partition coefficient (Wildman–Crippen LogP) is 3.37. The second-order valence-corrected chi connectivity index (χ2v) is 6.55. The van der Waals surface area contributed by atoms with Crippen LogP contribution in [0.3, 0.4) is 0 Å². The highest BCUT2D eigenvalue weighted by Gasteiger charge is 2.32. The van der Waals surface area contributed by atoms with Gasteiger partial charge >= 0.3 is 0 Å². The first-order chi connectivity index (χ1) is 8.38. The molecule has 0 saturated heterocycles. The van der Waals surface area contributed by atoms with Gasteiger partial charge in [-0.25, -0.2) is 0 Å². The molecule has 2 heteroatoms. The highest BCUT2D eigenvalue weighted by atomic mass is 16.1. The maximum Gasteiger partial charge on any atom is 0.224 e. The van der Waals surface area contributed by atoms with Gasteiger partial charge < -0.3 is 5.32 Å². The van der Waals surface area contributed by atoms with Crippen molar-refractivity contribution >= 4 is 5.91 Å². The Labute approximate surface area is 112 Å². The lowest BCUT2D eigenvalue weighted by Gasteiger charge is -2.36. The molecule has 1 amide bonds. The number of hydrogen-bond acceptors (Lipinski definition) is 1. The molecule has 0 aromatic carbocycles. The Morgan fingerprint density at radius 3 is 2.28 bits per heavy atom. The molecule has 0 radical (unpaired) electrons. The Kier molecular flexibility index (Phi) is 5.26. The Morgan fingerprint density at radius 2 is 1.89 bits per heavy atom. The first-order valence-electron chi connectivity index (χ1n) is 7.15. The second kappa shape index (κ2) is 6.27. The maximum atomic E-state index is 12.1. The van der Waals surface area contributed by atoms with Gasteiger partial charge in [0.2, 0.25) is 5.91 Å². The monoisotopic (exact) mass is 249 g/mol. The summed E-state index contributed by atoms with van der Waals surface area (Å²) in [4.78, 5) is 12.1. The number of terminal acetylenes is 1. The molecule has 0 spiro atoms. The molecule has 102 valence electrons. The van der Waals surface area contributed by atoms with E-state index in [0.29, 0.717) is 5.41 Å². The van der Waals surface area contributed by atoms with E-state index in [9.17, 15) is 4.79 Å². The van der Waals surface area contributed by atoms with E-state index < -0.39 is 0 Å². The lowest BCUT2D eigenvalue weighted by molar-refractivity contribution is -0.126. The molecule has 0 aromatic rings. The zero-order valence-electron chi connectivity index (χ0n) is 12.3. The summed E-state index contributed by atoms with van der Waals surface area (Å²) in [6, 6.07) is -0.0992. The van der Waals surface area contributed by atoms with Crippen LogP contribution < -0.4 is 5.32 Å². The van der Waals surface area contributed by atoms with Gasteiger partial charge in [0, 0.05) is 5.92 Å². The van der Waals surface area contributed by atoms with Gasteiger partial charge in [-0.05, 0) is 43.4 Å². The summed E-state index contributed by atoms with van der Waals surface area (Å²) in [5.74, 6) is 3.70. The van der Waals surface area contributed by atoms with E-state index in [1.807, 2.05) is 6.92 Å². The number of amides is 1. The third-order valence-electron chi connectivity index (χ3n) is 4.25. The second-order valence-electron chi connectivity index (χ2n) is 6.55. The smallest absolute Gasteiger partial charge is 0.224 e. The molecule has 1 saturated carbocycles. The molecule has 0 bridgehead atoms. The standard InChI is InChI=1S/C16H27NO/c1-6-14(7-2)17-15(18)12-8-10-13(11-9-12)16(3,4)5/h1,12-14H,7-11H2,2-5H3,(H,17,18). The van der Waals surface area contributed by atoms with E-state index in [2.05, 4.69) is 32.0 Å². The van der Waals surface area contributed by atoms with Crippen LogP contribution in [0.5, 0.6) is 0 Å². The van der Waals surface area contributed by atoms with E-state index in [-0.39, 0.29) is 17.9 Å². The minimum absolute atomic E-state index is 0.0992. The van der Waals surface area contributed by atoms with Gasteiger partial charge in [-0.1, -0.05) is 33.6 Å². The molecule has 1 rings (SSSR count). The van der Waals surface area contributed by atoms with Crippen molar-refractivity contribution in [3.05, 3.63) is 0 Å². The summed E-state index contributed by atoms with van der Waals surface area (Å²) in [6.45, 7) is 8.89. The number of carbonyl (C=O) groups excluding carboxylic acids is 1. The number of rotatable bonds is 3. The van der Waals surface area contributed by atoms with Crippen molar-refractivity contribution in [1.29, 1.82) is 0 Å². The molecule has 1 unspecified atom stereocenters. The van der Waals surface area contributed by atoms with Gasteiger partial charge in [0.25, 0.3) is 0 Å². The first-order valence-corrected chi connectivity index (χ1v) is 7.15. The van der Waals surface area contributed by atoms with E-state index in [0.717, 1.165) is 38.0 Å². The lowest BCUT2D eigenvalue weighted by Crippen LogP contribution is -2.40. The summed E-state index contributed by atoms with van der Waals surface area (Å²) in [7, 11) is 0. The van der Waals surface area contributed by atoms with Gasteiger partial charge in [-0.3, -0.25) is 4.79 Å². The summed E-state index contributed by atoms with van der Waals surface area (Å²) < 4.78 is 0. The van der Waals surface area contributed by atoms with Crippen molar-refractivity contribution in [3.63, 3.8) is 0 Å². The summed E-state index contributed by atoms with van der Waals surface area (Å²) in [5.41, 5.74) is 0.367. The van der Waals surface area contributed by atoms with E-state index in [1.165, 1.54) is 0 Å². The molecule has 18 heavy (non-hydrogen) atoms. The van der Waals surface area contributed by atoms with Gasteiger partial charge in [0.15, 0.2) is 0 Å². The van der Waals surface area contributed by atoms with Crippen LogP contribution in [0.15, 0.2) is 0 Å². The third-order valence-corrected chi connectivity index (χ3v) is 4.25. The normalized spacial score (nSPS) is 26.2. The number of hydrogen-bond donors (Lipinski definition) is 1. The summed E-state index contributed by atoms with van der Waals surface area (Å²) in [5, 5.41) is 2.96. The summed E-state index contributed by atoms with van der Waals surface area (Å²) >= 11 is 0. The predicted molar refractivity (Wildman–Crippen MR) is 76.0 cm³/mol. The zero-order valence-corrected chi connectivity index (χ0v) is 12.3. The quantitative estimate of drug-likeness (QED) is 0.763. The SMILES string of the molecule is C#CC(CC)NC(=O)C1CCC(C(C)(C)C)CC1. The van der Waals surface area contributed by atoms with Crippen molar-refractivity contribution in [2.45, 2.75) is 65.8 Å². The lowest BCUT2D eigenvalue weighted by atomic mass is 9.69. The van der Waals surface area contributed by atoms with E-state index >= 15 is 0 Å². The molecule has 1 aliphatic rings. The molecular formula is C16H27NO. The van der Waals surface area contributed by atoms with Crippen LogP contribution in [0.2, 0.25) is 0 Å². The van der Waals surface area contributed by atoms with Crippen molar-refractivity contribution in [1.82, 2.24) is 5.32 Å². The van der Waals surface area contributed by atoms with Gasteiger partial charge in [-0.15, -0.1) is 6.42 Å². The molecule has 1 fully saturated rings. The minimum Gasteiger partial charge on any atom is -0.342 e. The van der Waals surface area contributed by atoms with E-state index in [4.69, 9.17) is 6.42 Å². The Bertz CT molecular complexity index is 313. The fourth-order valence-corrected chi connectivity index (χ4v) is 2.77. The van der Waals surface area contributed by atoms with Gasteiger partial charge in [0.05, 0.1) is 6.04 Å². The summed E-state index contributed by atoms with van der Waals surface area (Å²) in [6.07, 6.45) is 10.5. The van der Waals surface area contributed by atoms with Crippen LogP contribution in [-0.2, 0) is 4.79 Å². The van der Waals surface area contributed by atoms with Gasteiger partial charge in [0.1, 0.15) is 0 Å². The van der Waals surface area contributed by atoms with Crippen LogP contribution in [0.1, 0.15) is 59.8 Å². The topological polar surface area (TPSA) is 29.1 Å². The number of carbonyl (C=O) groups is 1. The average Bonchev–Trinajstić information content (AvgIpc) is 2.34. The Hall–Kier alpha value is -0.970. The third kappa shape index (κ3) is 4.05. The van der Waals surface area contributed by atoms with Crippen molar-refractivity contribution in [3.8, 4) is 12.3 Å². The largest absolute Gasteiger partial charge is 0.342 e. The first kappa shape index (κ1) is 15.1. The number of nitrogens with one attached hydrogen (secondary N) is 1. The molecule has 2 nitrogen and oxygen atoms in total. The van der Waals surface area contributed by atoms with Crippen LogP contribution in [0, 0.1) is 29.6 Å². The highest BCUT2D eigenvalue weighted by Crippen LogP contribution is 2.39. The average molecular weight is 249 g/mol. The molecule has 0 aromatic heterocycles. The Morgan fingerprint density at radius 1 is 1.33 bits per heavy atom. The van der Waals surface area contributed by atoms with Crippen LogP contribution in [-0.4, -0.2) is 11.9 Å². The van der Waals surface area contributed by atoms with Crippen LogP contribution in [0.4, 0.5) is 0 Å². The maximum absolute atomic E-state index is 12.1.